The molecule has 23 heavy (non-hydrogen) atoms. The minimum absolute atomic E-state index is 0.301. The largest absolute Gasteiger partial charge is 0.378 e. The molecule has 0 radical (unpaired) electrons. The highest BCUT2D eigenvalue weighted by molar-refractivity contribution is 7.09. The first-order valence-corrected chi connectivity index (χ1v) is 8.79. The van der Waals surface area contributed by atoms with Gasteiger partial charge in [-0.25, -0.2) is 9.67 Å². The molecule has 0 aromatic carbocycles. The Kier molecular flexibility index (Phi) is 5.71. The second-order valence-corrected chi connectivity index (χ2v) is 6.86. The zero-order valence-corrected chi connectivity index (χ0v) is 14.2. The van der Waals surface area contributed by atoms with E-state index in [1.807, 2.05) is 11.6 Å². The summed E-state index contributed by atoms with van der Waals surface area (Å²) in [6, 6.07) is 0.344. The second-order valence-electron chi connectivity index (χ2n) is 5.92. The van der Waals surface area contributed by atoms with Crippen LogP contribution in [0.5, 0.6) is 0 Å². The van der Waals surface area contributed by atoms with E-state index in [4.69, 9.17) is 15.2 Å². The fourth-order valence-electron chi connectivity index (χ4n) is 2.72. The minimum atomic E-state index is 0.301. The fourth-order valence-corrected chi connectivity index (χ4v) is 3.47. The van der Waals surface area contributed by atoms with Gasteiger partial charge < -0.3 is 15.2 Å². The Labute approximate surface area is 139 Å². The summed E-state index contributed by atoms with van der Waals surface area (Å²) in [4.78, 5) is 4.49. The maximum absolute atomic E-state index is 5.92. The number of nitrogens with two attached hydrogens (primary N) is 1. The van der Waals surface area contributed by atoms with Gasteiger partial charge in [-0.15, -0.1) is 16.4 Å². The normalized spacial score (nSPS) is 21.7. The molecule has 2 heterocycles. The summed E-state index contributed by atoms with van der Waals surface area (Å²) in [5.41, 5.74) is 7.73. The molecular weight excluding hydrogens is 314 g/mol. The van der Waals surface area contributed by atoms with Crippen molar-refractivity contribution in [2.75, 3.05) is 7.11 Å². The summed E-state index contributed by atoms with van der Waals surface area (Å²) in [5.74, 6) is 0. The van der Waals surface area contributed by atoms with Gasteiger partial charge in [0, 0.05) is 18.5 Å². The first-order valence-electron chi connectivity index (χ1n) is 7.91. The third kappa shape index (κ3) is 4.81. The summed E-state index contributed by atoms with van der Waals surface area (Å²) in [5, 5.41) is 11.3. The monoisotopic (exact) mass is 337 g/mol. The number of hydrogen-bond acceptors (Lipinski definition) is 7. The van der Waals surface area contributed by atoms with Crippen LogP contribution in [0, 0.1) is 0 Å². The van der Waals surface area contributed by atoms with Crippen molar-refractivity contribution in [3.63, 3.8) is 0 Å². The van der Waals surface area contributed by atoms with E-state index in [1.54, 1.807) is 23.1 Å². The molecule has 7 nitrogen and oxygen atoms in total. The average Bonchev–Trinajstić information content (AvgIpc) is 3.17. The molecule has 0 unspecified atom stereocenters. The summed E-state index contributed by atoms with van der Waals surface area (Å²) >= 11 is 1.60. The number of aromatic nitrogens is 4. The average molecular weight is 337 g/mol. The molecule has 0 saturated heterocycles. The lowest BCUT2D eigenvalue weighted by Gasteiger charge is -2.25. The van der Waals surface area contributed by atoms with Crippen LogP contribution in [0.15, 0.2) is 11.6 Å². The molecule has 2 aromatic rings. The van der Waals surface area contributed by atoms with E-state index in [9.17, 15) is 0 Å². The second kappa shape index (κ2) is 7.96. The van der Waals surface area contributed by atoms with Gasteiger partial charge in [-0.2, -0.15) is 0 Å². The Morgan fingerprint density at radius 3 is 2.87 bits per heavy atom. The molecule has 2 aromatic heterocycles. The van der Waals surface area contributed by atoms with Gasteiger partial charge in [0.15, 0.2) is 0 Å². The Hall–Kier alpha value is -1.35. The molecule has 0 bridgehead atoms. The van der Waals surface area contributed by atoms with E-state index >= 15 is 0 Å². The van der Waals surface area contributed by atoms with Crippen LogP contribution in [0.1, 0.15) is 42.1 Å². The number of methoxy groups -OCH3 is 1. The Morgan fingerprint density at radius 1 is 1.26 bits per heavy atom. The van der Waals surface area contributed by atoms with Gasteiger partial charge in [-0.1, -0.05) is 5.21 Å². The Bertz CT molecular complexity index is 607. The summed E-state index contributed by atoms with van der Waals surface area (Å²) in [6.45, 7) is 1.67. The van der Waals surface area contributed by atoms with E-state index in [2.05, 4.69) is 15.3 Å². The van der Waals surface area contributed by atoms with Crippen LogP contribution in [-0.2, 0) is 29.2 Å². The van der Waals surface area contributed by atoms with Crippen molar-refractivity contribution in [3.05, 3.63) is 28.0 Å². The maximum Gasteiger partial charge on any atom is 0.119 e. The quantitative estimate of drug-likeness (QED) is 0.827. The van der Waals surface area contributed by atoms with E-state index < -0.39 is 0 Å². The summed E-state index contributed by atoms with van der Waals surface area (Å²) < 4.78 is 12.8. The van der Waals surface area contributed by atoms with Gasteiger partial charge in [0.25, 0.3) is 0 Å². The van der Waals surface area contributed by atoms with Crippen molar-refractivity contribution in [1.82, 2.24) is 20.0 Å². The molecule has 1 fully saturated rings. The zero-order chi connectivity index (χ0) is 16.1. The molecule has 1 saturated carbocycles. The molecule has 1 aliphatic carbocycles. The lowest BCUT2D eigenvalue weighted by Crippen LogP contribution is -2.30. The van der Waals surface area contributed by atoms with Gasteiger partial charge >= 0.3 is 0 Å². The summed E-state index contributed by atoms with van der Waals surface area (Å²) in [7, 11) is 1.67. The third-order valence-corrected chi connectivity index (χ3v) is 4.83. The van der Waals surface area contributed by atoms with Crippen LogP contribution < -0.4 is 5.73 Å². The number of rotatable bonds is 7. The third-order valence-electron chi connectivity index (χ3n) is 3.96. The smallest absolute Gasteiger partial charge is 0.119 e. The maximum atomic E-state index is 5.92. The number of ether oxygens (including phenoxy) is 2. The molecule has 0 aliphatic heterocycles. The van der Waals surface area contributed by atoms with E-state index in [0.717, 1.165) is 42.1 Å². The lowest BCUT2D eigenvalue weighted by molar-refractivity contribution is 0.0122. The van der Waals surface area contributed by atoms with Crippen molar-refractivity contribution in [3.8, 4) is 0 Å². The summed E-state index contributed by atoms with van der Waals surface area (Å²) in [6.07, 6.45) is 6.39. The SMILES string of the molecule is COCc1nc(Cn2cc(COC3CCC(N)CC3)nn2)cs1. The van der Waals surface area contributed by atoms with Crippen LogP contribution in [0.2, 0.25) is 0 Å². The molecule has 126 valence electrons. The van der Waals surface area contributed by atoms with Gasteiger partial charge in [0.1, 0.15) is 10.7 Å². The van der Waals surface area contributed by atoms with Crippen molar-refractivity contribution >= 4 is 11.3 Å². The predicted octanol–water partition coefficient (Wildman–Crippen LogP) is 1.72. The predicted molar refractivity (Wildman–Crippen MR) is 87.0 cm³/mol. The van der Waals surface area contributed by atoms with Crippen molar-refractivity contribution in [1.29, 1.82) is 0 Å². The first-order chi connectivity index (χ1) is 11.2. The van der Waals surface area contributed by atoms with E-state index in [1.165, 1.54) is 0 Å². The van der Waals surface area contributed by atoms with E-state index in [-0.39, 0.29) is 0 Å². The van der Waals surface area contributed by atoms with Crippen LogP contribution in [0.3, 0.4) is 0 Å². The van der Waals surface area contributed by atoms with E-state index in [0.29, 0.717) is 31.9 Å². The van der Waals surface area contributed by atoms with Crippen LogP contribution in [-0.4, -0.2) is 39.2 Å². The zero-order valence-electron chi connectivity index (χ0n) is 13.4. The lowest BCUT2D eigenvalue weighted by atomic mass is 9.94. The van der Waals surface area contributed by atoms with Crippen LogP contribution in [0.4, 0.5) is 0 Å². The highest BCUT2D eigenvalue weighted by Crippen LogP contribution is 2.20. The molecule has 0 atom stereocenters. The number of hydrogen-bond donors (Lipinski definition) is 1. The van der Waals surface area contributed by atoms with Gasteiger partial charge in [0.2, 0.25) is 0 Å². The van der Waals surface area contributed by atoms with Crippen LogP contribution in [0.25, 0.3) is 0 Å². The Balaban J connectivity index is 1.47. The fraction of sp³-hybridized carbons (Fsp3) is 0.667. The van der Waals surface area contributed by atoms with Gasteiger partial charge in [-0.3, -0.25) is 0 Å². The van der Waals surface area contributed by atoms with Crippen molar-refractivity contribution < 1.29 is 9.47 Å². The highest BCUT2D eigenvalue weighted by Gasteiger charge is 2.19. The molecular formula is C15H23N5O2S. The molecule has 0 amide bonds. The van der Waals surface area contributed by atoms with Crippen molar-refractivity contribution in [2.45, 2.75) is 57.6 Å². The van der Waals surface area contributed by atoms with Gasteiger partial charge in [0.05, 0.1) is 37.8 Å². The first kappa shape index (κ1) is 16.5. The molecule has 1 aliphatic rings. The molecule has 8 heteroatoms. The number of thiazole rings is 1. The minimum Gasteiger partial charge on any atom is -0.378 e. The van der Waals surface area contributed by atoms with Crippen molar-refractivity contribution in [2.24, 2.45) is 5.73 Å². The highest BCUT2D eigenvalue weighted by atomic mass is 32.1. The van der Waals surface area contributed by atoms with Gasteiger partial charge in [-0.05, 0) is 25.7 Å². The number of nitrogens with zero attached hydrogens (tertiary/aromatic N) is 4. The Morgan fingerprint density at radius 2 is 2.09 bits per heavy atom. The molecule has 2 N–H and O–H groups in total. The molecule has 0 spiro atoms. The van der Waals surface area contributed by atoms with Crippen LogP contribution >= 0.6 is 11.3 Å². The molecule has 3 rings (SSSR count). The standard InChI is InChI=1S/C15H23N5O2S/c1-21-9-15-17-13(10-23-15)7-20-6-12(18-19-20)8-22-14-4-2-11(16)3-5-14/h6,10-11,14H,2-5,7-9,16H2,1H3. The topological polar surface area (TPSA) is 88.1 Å².